The molecule has 2 amide bonds. The molecule has 0 aliphatic carbocycles. The predicted molar refractivity (Wildman–Crippen MR) is 192 cm³/mol. The maximum Gasteiger partial charge on any atom is 0.410 e. The Balaban J connectivity index is 0.000000729. The van der Waals surface area contributed by atoms with Gasteiger partial charge in [-0.1, -0.05) is 49.7 Å². The van der Waals surface area contributed by atoms with Crippen molar-refractivity contribution in [3.8, 4) is 22.6 Å². The van der Waals surface area contributed by atoms with Crippen LogP contribution in [0.15, 0.2) is 48.7 Å². The quantitative estimate of drug-likeness (QED) is 0.183. The molecule has 4 aromatic heterocycles. The molecule has 2 unspecified atom stereocenters. The Bertz CT molecular complexity index is 1980. The van der Waals surface area contributed by atoms with Crippen molar-refractivity contribution in [1.29, 1.82) is 0 Å². The van der Waals surface area contributed by atoms with Crippen LogP contribution in [-0.4, -0.2) is 70.7 Å². The minimum Gasteiger partial charge on any atom is -0.453 e. The monoisotopic (exact) mass is 687 g/mol. The Hall–Kier alpha value is -4.61. The second-order valence-corrected chi connectivity index (χ2v) is 12.2. The highest BCUT2D eigenvalue weighted by molar-refractivity contribution is 6.34. The predicted octanol–water partition coefficient (Wildman–Crippen LogP) is 7.55. The fourth-order valence-corrected chi connectivity index (χ4v) is 6.96. The first kappa shape index (κ1) is 35.7. The minimum atomic E-state index is -0.531. The fraction of sp³-hybridized carbons (Fsp3) is 0.378. The van der Waals surface area contributed by atoms with E-state index in [0.717, 1.165) is 60.2 Å². The summed E-state index contributed by atoms with van der Waals surface area (Å²) in [7, 11) is 2.98. The molecule has 2 atom stereocenters. The zero-order valence-corrected chi connectivity index (χ0v) is 29.6. The summed E-state index contributed by atoms with van der Waals surface area (Å²) in [5.41, 5.74) is 5.64. The highest BCUT2D eigenvalue weighted by atomic mass is 35.5. The highest BCUT2D eigenvalue weighted by Gasteiger charge is 2.36. The molecule has 12 heteroatoms. The van der Waals surface area contributed by atoms with Gasteiger partial charge < -0.3 is 19.9 Å². The third-order valence-corrected chi connectivity index (χ3v) is 9.39. The second kappa shape index (κ2) is 15.7. The van der Waals surface area contributed by atoms with Crippen LogP contribution in [0.2, 0.25) is 5.02 Å². The van der Waals surface area contributed by atoms with Gasteiger partial charge in [-0.3, -0.25) is 19.7 Å². The molecule has 0 saturated carbocycles. The summed E-state index contributed by atoms with van der Waals surface area (Å²) in [5, 5.41) is 7.66. The summed E-state index contributed by atoms with van der Waals surface area (Å²) in [6, 6.07) is 13.3. The first-order chi connectivity index (χ1) is 23.8. The van der Waals surface area contributed by atoms with Crippen LogP contribution in [0.4, 0.5) is 9.18 Å². The fourth-order valence-electron chi connectivity index (χ4n) is 6.74. The molecule has 0 spiro atoms. The number of aryl methyl sites for hydroxylation is 2. The van der Waals surface area contributed by atoms with Gasteiger partial charge in [0.1, 0.15) is 11.2 Å². The number of likely N-dealkylation sites (tertiary alicyclic amines) is 1. The largest absolute Gasteiger partial charge is 0.453 e. The number of nitrogens with one attached hydrogen (secondary N) is 2. The summed E-state index contributed by atoms with van der Waals surface area (Å²) < 4.78 is 24.2. The van der Waals surface area contributed by atoms with Crippen molar-refractivity contribution in [3.63, 3.8) is 0 Å². The zero-order valence-electron chi connectivity index (χ0n) is 28.8. The van der Waals surface area contributed by atoms with E-state index in [9.17, 15) is 4.79 Å². The van der Waals surface area contributed by atoms with Crippen LogP contribution in [0.25, 0.3) is 44.5 Å². The third-order valence-electron chi connectivity index (χ3n) is 8.89. The van der Waals surface area contributed by atoms with E-state index in [0.29, 0.717) is 40.3 Å². The van der Waals surface area contributed by atoms with Gasteiger partial charge in [0.25, 0.3) is 0 Å². The molecular weight excluding hydrogens is 645 g/mol. The Morgan fingerprint density at radius 2 is 1.86 bits per heavy atom. The number of benzene rings is 1. The van der Waals surface area contributed by atoms with Gasteiger partial charge >= 0.3 is 6.09 Å². The zero-order chi connectivity index (χ0) is 35.2. The van der Waals surface area contributed by atoms with E-state index >= 15 is 4.39 Å². The van der Waals surface area contributed by atoms with Gasteiger partial charge in [-0.05, 0) is 63.4 Å². The lowest BCUT2D eigenvalue weighted by molar-refractivity contribution is -0.109. The highest BCUT2D eigenvalue weighted by Crippen LogP contribution is 2.44. The normalized spacial score (nSPS) is 16.9. The number of nitrogens with zero attached hydrogens (tertiary/aromatic N) is 5. The van der Waals surface area contributed by atoms with Crippen LogP contribution in [0, 0.1) is 19.7 Å². The number of hydrogen-bond donors (Lipinski definition) is 2. The van der Waals surface area contributed by atoms with Crippen molar-refractivity contribution in [2.45, 2.75) is 59.0 Å². The number of carbonyl (C=O) groups is 2. The number of aromatic nitrogens is 4. The number of rotatable bonds is 5. The van der Waals surface area contributed by atoms with Gasteiger partial charge in [0.05, 0.1) is 35.1 Å². The molecule has 49 heavy (non-hydrogen) atoms. The van der Waals surface area contributed by atoms with E-state index in [4.69, 9.17) is 31.1 Å². The van der Waals surface area contributed by atoms with E-state index < -0.39 is 5.82 Å². The lowest BCUT2D eigenvalue weighted by Crippen LogP contribution is -2.32. The van der Waals surface area contributed by atoms with E-state index in [-0.39, 0.29) is 29.4 Å². The van der Waals surface area contributed by atoms with Crippen molar-refractivity contribution in [1.82, 2.24) is 35.1 Å². The standard InChI is InChI=1S/C33H32ClFN6O2.C2H5NO.C2H6/c1-18-7-4-9-21(27(18)34)30-28(35)31-23(17-37-30)32-22(29(39-31)24-10-5-8-19(2)38-24)15-26(41(32)20-12-13-36-16-20)25-11-6-14-40(25)33(42)43-3;1-3-2-4;1-2/h4-5,7-10,15,17,20,25,36H,6,11-14,16H2,1-3H3;2H,1H3,(H,3,4);1-2H3. The summed E-state index contributed by atoms with van der Waals surface area (Å²) in [6.45, 7) is 10.1. The maximum absolute atomic E-state index is 16.7. The molecule has 2 aliphatic rings. The van der Waals surface area contributed by atoms with Gasteiger partial charge in [0.2, 0.25) is 6.41 Å². The molecule has 0 bridgehead atoms. The van der Waals surface area contributed by atoms with Gasteiger partial charge in [0.15, 0.2) is 5.82 Å². The molecule has 10 nitrogen and oxygen atoms in total. The Labute approximate surface area is 291 Å². The molecule has 2 fully saturated rings. The molecule has 1 aromatic carbocycles. The number of hydrogen-bond acceptors (Lipinski definition) is 7. The Morgan fingerprint density at radius 3 is 2.53 bits per heavy atom. The van der Waals surface area contributed by atoms with Gasteiger partial charge in [-0.15, -0.1) is 0 Å². The third kappa shape index (κ3) is 6.82. The summed E-state index contributed by atoms with van der Waals surface area (Å²) in [4.78, 5) is 38.1. The molecule has 0 radical (unpaired) electrons. The van der Waals surface area contributed by atoms with E-state index in [2.05, 4.69) is 26.3 Å². The van der Waals surface area contributed by atoms with Gasteiger partial charge in [-0.25, -0.2) is 14.2 Å². The van der Waals surface area contributed by atoms with Gasteiger partial charge in [0, 0.05) is 60.1 Å². The van der Waals surface area contributed by atoms with Crippen molar-refractivity contribution in [2.75, 3.05) is 33.8 Å². The SMILES string of the molecule is CC.CNC=O.COC(=O)N1CCCC1c1cc2c(-c3cccc(C)n3)nc3c(F)c(-c4cccc(C)c4Cl)ncc3c2n1C1CCNC1. The van der Waals surface area contributed by atoms with Crippen LogP contribution >= 0.6 is 11.6 Å². The maximum atomic E-state index is 16.7. The van der Waals surface area contributed by atoms with E-state index in [1.165, 1.54) is 7.11 Å². The molecule has 2 N–H and O–H groups in total. The average molecular weight is 688 g/mol. The summed E-state index contributed by atoms with van der Waals surface area (Å²) in [6.07, 6.45) is 4.56. The first-order valence-electron chi connectivity index (χ1n) is 16.7. The lowest BCUT2D eigenvalue weighted by atomic mass is 10.0. The summed E-state index contributed by atoms with van der Waals surface area (Å²) in [5.74, 6) is -0.531. The van der Waals surface area contributed by atoms with E-state index in [1.54, 1.807) is 24.2 Å². The van der Waals surface area contributed by atoms with Crippen molar-refractivity contribution < 1.29 is 18.7 Å². The Kier molecular flexibility index (Phi) is 11.5. The number of halogens is 2. The Morgan fingerprint density at radius 1 is 1.10 bits per heavy atom. The lowest BCUT2D eigenvalue weighted by Gasteiger charge is -2.27. The van der Waals surface area contributed by atoms with Crippen molar-refractivity contribution in [2.24, 2.45) is 0 Å². The van der Waals surface area contributed by atoms with Crippen LogP contribution < -0.4 is 10.6 Å². The number of pyridine rings is 3. The number of ether oxygens (including phenoxy) is 1. The van der Waals surface area contributed by atoms with Crippen LogP contribution in [0.3, 0.4) is 0 Å². The smallest absolute Gasteiger partial charge is 0.410 e. The van der Waals surface area contributed by atoms with Crippen molar-refractivity contribution >= 4 is 45.9 Å². The van der Waals surface area contributed by atoms with Crippen LogP contribution in [-0.2, 0) is 9.53 Å². The molecule has 258 valence electrons. The molecule has 2 aliphatic heterocycles. The number of carbonyl (C=O) groups excluding carboxylic acids is 2. The molecule has 5 aromatic rings. The topological polar surface area (TPSA) is 114 Å². The molecule has 2 saturated heterocycles. The molecular formula is C37H43ClFN7O3. The van der Waals surface area contributed by atoms with E-state index in [1.807, 2.05) is 58.0 Å². The van der Waals surface area contributed by atoms with Crippen LogP contribution in [0.5, 0.6) is 0 Å². The molecule has 7 rings (SSSR count). The van der Waals surface area contributed by atoms with Crippen LogP contribution in [0.1, 0.15) is 62.1 Å². The number of fused-ring (bicyclic) bond motifs is 3. The second-order valence-electron chi connectivity index (χ2n) is 11.8. The first-order valence-corrected chi connectivity index (χ1v) is 17.1. The molecule has 6 heterocycles. The number of methoxy groups -OCH3 is 1. The minimum absolute atomic E-state index is 0.102. The average Bonchev–Trinajstić information content (AvgIpc) is 3.91. The van der Waals surface area contributed by atoms with Crippen molar-refractivity contribution in [3.05, 3.63) is 76.5 Å². The summed E-state index contributed by atoms with van der Waals surface area (Å²) >= 11 is 6.64. The number of amides is 2. The van der Waals surface area contributed by atoms with Gasteiger partial charge in [-0.2, -0.15) is 0 Å².